The summed E-state index contributed by atoms with van der Waals surface area (Å²) in [6.45, 7) is 6.81. The van der Waals surface area contributed by atoms with Gasteiger partial charge in [-0.05, 0) is 60.7 Å². The van der Waals surface area contributed by atoms with Gasteiger partial charge in [0.15, 0.2) is 5.13 Å². The molecule has 2 fully saturated rings. The van der Waals surface area contributed by atoms with Crippen molar-refractivity contribution in [2.45, 2.75) is 56.5 Å². The molecule has 3 aromatic rings. The zero-order chi connectivity index (χ0) is 22.6. The average molecular weight is 476 g/mol. The van der Waals surface area contributed by atoms with Gasteiger partial charge in [-0.15, -0.1) is 11.3 Å². The van der Waals surface area contributed by atoms with E-state index >= 15 is 0 Å². The normalized spacial score (nSPS) is 20.1. The number of aromatic nitrogens is 1. The van der Waals surface area contributed by atoms with E-state index in [0.717, 1.165) is 49.8 Å². The Hall–Kier alpha value is -2.00. The third kappa shape index (κ3) is 4.83. The van der Waals surface area contributed by atoms with Crippen LogP contribution in [0.25, 0.3) is 10.8 Å². The van der Waals surface area contributed by atoms with Crippen LogP contribution in [-0.2, 0) is 14.8 Å². The van der Waals surface area contributed by atoms with Crippen LogP contribution in [0.1, 0.15) is 52.6 Å². The summed E-state index contributed by atoms with van der Waals surface area (Å²) in [5.74, 6) is 0. The summed E-state index contributed by atoms with van der Waals surface area (Å²) in [5.41, 5.74) is 1.30. The molecule has 1 N–H and O–H groups in total. The predicted octanol–water partition coefficient (Wildman–Crippen LogP) is 5.69. The molecule has 2 aromatic carbocycles. The number of sulfonamides is 1. The molecule has 0 radical (unpaired) electrons. The molecule has 0 bridgehead atoms. The molecule has 0 spiro atoms. The van der Waals surface area contributed by atoms with E-state index in [9.17, 15) is 8.42 Å². The van der Waals surface area contributed by atoms with E-state index in [0.29, 0.717) is 17.2 Å². The van der Waals surface area contributed by atoms with Crippen molar-refractivity contribution in [3.8, 4) is 0 Å². The van der Waals surface area contributed by atoms with E-state index in [1.54, 1.807) is 23.7 Å². The summed E-state index contributed by atoms with van der Waals surface area (Å²) in [6, 6.07) is 12.6. The molecule has 6 nitrogen and oxygen atoms in total. The molecule has 2 saturated heterocycles. The van der Waals surface area contributed by atoms with Gasteiger partial charge in [0.05, 0.1) is 4.90 Å². The maximum absolute atomic E-state index is 12.8. The quantitative estimate of drug-likeness (QED) is 0.514. The lowest BCUT2D eigenvalue weighted by Crippen LogP contribution is -2.39. The van der Waals surface area contributed by atoms with Crippen LogP contribution in [0.5, 0.6) is 0 Å². The molecule has 8 heteroatoms. The van der Waals surface area contributed by atoms with E-state index in [2.05, 4.69) is 20.7 Å². The number of ether oxygens (including phenoxy) is 1. The molecular formula is C24H33N3O3S2. The van der Waals surface area contributed by atoms with Gasteiger partial charge in [0.25, 0.3) is 10.0 Å². The van der Waals surface area contributed by atoms with Crippen molar-refractivity contribution in [1.82, 2.24) is 9.88 Å². The van der Waals surface area contributed by atoms with Gasteiger partial charge >= 0.3 is 0 Å². The van der Waals surface area contributed by atoms with Crippen LogP contribution in [0.4, 0.5) is 5.13 Å². The molecule has 0 unspecified atom stereocenters. The predicted molar refractivity (Wildman–Crippen MR) is 133 cm³/mol. The first-order chi connectivity index (χ1) is 15.6. The van der Waals surface area contributed by atoms with Crippen LogP contribution in [0.3, 0.4) is 0 Å². The third-order valence-electron chi connectivity index (χ3n) is 6.16. The number of anilines is 1. The number of rotatable bonds is 5. The Labute approximate surface area is 196 Å². The van der Waals surface area contributed by atoms with E-state index in [4.69, 9.17) is 4.74 Å². The highest BCUT2D eigenvalue weighted by Crippen LogP contribution is 2.39. The number of likely N-dealkylation sites (tertiary alicyclic amines) is 1. The van der Waals surface area contributed by atoms with Crippen LogP contribution < -0.4 is 4.72 Å². The van der Waals surface area contributed by atoms with Crippen molar-refractivity contribution in [2.24, 2.45) is 0 Å². The fraction of sp³-hybridized carbons (Fsp3) is 0.458. The summed E-state index contributed by atoms with van der Waals surface area (Å²) in [4.78, 5) is 6.93. The first-order valence-electron chi connectivity index (χ1n) is 11.4. The number of hydrogen-bond donors (Lipinski definition) is 1. The maximum Gasteiger partial charge on any atom is 0.263 e. The standard InChI is InChI=1S/C22H25N3O3S2.C2H6.H2/c26-30(27,24-22-23-10-14-29-22)18-6-7-19-16(15-18)3-1-4-20(19)21-5-2-11-25(21)17-8-12-28-13-9-17;1-2;/h1,3-4,6-7,10,14-15,17,21H,2,5,8-9,11-13H2,(H,23,24);1-2H3;1H/t21-;;/m0../s1. The van der Waals surface area contributed by atoms with Gasteiger partial charge in [-0.3, -0.25) is 9.62 Å². The van der Waals surface area contributed by atoms with E-state index in [1.807, 2.05) is 32.0 Å². The number of nitrogens with one attached hydrogen (secondary N) is 1. The van der Waals surface area contributed by atoms with Crippen molar-refractivity contribution >= 4 is 37.3 Å². The number of benzene rings is 2. The smallest absolute Gasteiger partial charge is 0.263 e. The van der Waals surface area contributed by atoms with E-state index in [1.165, 1.54) is 23.3 Å². The molecule has 0 amide bonds. The maximum atomic E-state index is 12.8. The number of thiazole rings is 1. The molecular weight excluding hydrogens is 442 g/mol. The summed E-state index contributed by atoms with van der Waals surface area (Å²) in [5, 5.41) is 4.21. The van der Waals surface area contributed by atoms with Gasteiger partial charge in [0.2, 0.25) is 0 Å². The minimum Gasteiger partial charge on any atom is -0.381 e. The number of hydrogen-bond acceptors (Lipinski definition) is 6. The molecule has 0 aliphatic carbocycles. The van der Waals surface area contributed by atoms with Crippen molar-refractivity contribution < 1.29 is 14.6 Å². The highest BCUT2D eigenvalue weighted by atomic mass is 32.2. The first-order valence-corrected chi connectivity index (χ1v) is 13.8. The molecule has 2 aliphatic heterocycles. The van der Waals surface area contributed by atoms with Crippen LogP contribution in [0.2, 0.25) is 0 Å². The lowest BCUT2D eigenvalue weighted by atomic mass is 9.95. The monoisotopic (exact) mass is 475 g/mol. The highest BCUT2D eigenvalue weighted by Gasteiger charge is 2.33. The van der Waals surface area contributed by atoms with Crippen LogP contribution in [0, 0.1) is 0 Å². The second-order valence-electron chi connectivity index (χ2n) is 7.91. The summed E-state index contributed by atoms with van der Waals surface area (Å²) in [6.07, 6.45) is 6.10. The van der Waals surface area contributed by atoms with Gasteiger partial charge in [-0.2, -0.15) is 0 Å². The topological polar surface area (TPSA) is 71.5 Å². The molecule has 174 valence electrons. The lowest BCUT2D eigenvalue weighted by molar-refractivity contribution is 0.0293. The third-order valence-corrected chi connectivity index (χ3v) is 8.32. The van der Waals surface area contributed by atoms with Gasteiger partial charge in [-0.1, -0.05) is 38.1 Å². The van der Waals surface area contributed by atoms with Crippen molar-refractivity contribution in [3.05, 3.63) is 53.5 Å². The van der Waals surface area contributed by atoms with Gasteiger partial charge < -0.3 is 4.74 Å². The lowest BCUT2D eigenvalue weighted by Gasteiger charge is -2.36. The molecule has 5 rings (SSSR count). The van der Waals surface area contributed by atoms with Gasteiger partial charge in [-0.25, -0.2) is 13.4 Å². The Balaban J connectivity index is 0.000000994. The molecule has 2 aliphatic rings. The van der Waals surface area contributed by atoms with Crippen LogP contribution in [-0.4, -0.2) is 44.1 Å². The van der Waals surface area contributed by atoms with E-state index < -0.39 is 10.0 Å². The van der Waals surface area contributed by atoms with Crippen molar-refractivity contribution in [1.29, 1.82) is 0 Å². The summed E-state index contributed by atoms with van der Waals surface area (Å²) >= 11 is 1.27. The second-order valence-corrected chi connectivity index (χ2v) is 10.5. The van der Waals surface area contributed by atoms with Crippen molar-refractivity contribution in [2.75, 3.05) is 24.5 Å². The number of fused-ring (bicyclic) bond motifs is 1. The Morgan fingerprint density at radius 3 is 2.72 bits per heavy atom. The minimum atomic E-state index is -3.66. The fourth-order valence-corrected chi connectivity index (χ4v) is 6.59. The average Bonchev–Trinajstić information content (AvgIpc) is 3.52. The largest absolute Gasteiger partial charge is 0.381 e. The highest BCUT2D eigenvalue weighted by molar-refractivity contribution is 7.93. The summed E-state index contributed by atoms with van der Waals surface area (Å²) in [7, 11) is -3.66. The Morgan fingerprint density at radius 1 is 1.16 bits per heavy atom. The van der Waals surface area contributed by atoms with E-state index in [-0.39, 0.29) is 6.32 Å². The SMILES string of the molecule is CC.O=S(=O)(Nc1nccs1)c1ccc2c([C@@H]3CCCN3C3CCOCC3)cccc2c1.[HH]. The molecule has 1 aromatic heterocycles. The molecule has 32 heavy (non-hydrogen) atoms. The van der Waals surface area contributed by atoms with Crippen LogP contribution >= 0.6 is 11.3 Å². The molecule has 0 saturated carbocycles. The first kappa shape index (κ1) is 23.2. The van der Waals surface area contributed by atoms with Gasteiger partial charge in [0.1, 0.15) is 0 Å². The molecule has 1 atom stereocenters. The van der Waals surface area contributed by atoms with Crippen molar-refractivity contribution in [3.63, 3.8) is 0 Å². The second kappa shape index (κ2) is 10.3. The number of nitrogens with zero attached hydrogens (tertiary/aromatic N) is 2. The Kier molecular flexibility index (Phi) is 7.45. The fourth-order valence-electron chi connectivity index (χ4n) is 4.77. The zero-order valence-corrected chi connectivity index (χ0v) is 20.3. The van der Waals surface area contributed by atoms with Crippen LogP contribution in [0.15, 0.2) is 52.9 Å². The molecule has 3 heterocycles. The Bertz CT molecular complexity index is 1130. The summed E-state index contributed by atoms with van der Waals surface area (Å²) < 4.78 is 33.7. The Morgan fingerprint density at radius 2 is 1.97 bits per heavy atom. The minimum absolute atomic E-state index is 0. The zero-order valence-electron chi connectivity index (χ0n) is 18.7. The van der Waals surface area contributed by atoms with Gasteiger partial charge in [0, 0.05) is 38.3 Å².